The first-order chi connectivity index (χ1) is 13.6. The van der Waals surface area contributed by atoms with Crippen molar-refractivity contribution in [2.24, 2.45) is 0 Å². The SMILES string of the molecule is Cc1nc2ccc(NC(=O)CSc3nccc(-c4ccc(F)cc4)n3)cc2[nH]1. The second-order valence-electron chi connectivity index (χ2n) is 6.12. The van der Waals surface area contributed by atoms with Crippen molar-refractivity contribution in [3.63, 3.8) is 0 Å². The number of carbonyl (C=O) groups excluding carboxylic acids is 1. The number of nitrogens with one attached hydrogen (secondary N) is 2. The summed E-state index contributed by atoms with van der Waals surface area (Å²) in [6.07, 6.45) is 1.63. The summed E-state index contributed by atoms with van der Waals surface area (Å²) in [6, 6.07) is 13.4. The standard InChI is InChI=1S/C20H16FN5OS/c1-12-23-17-7-6-15(10-18(17)24-12)25-19(27)11-28-20-22-9-8-16(26-20)13-2-4-14(21)5-3-13/h2-10H,11H2,1H3,(H,23,24)(H,25,27). The van der Waals surface area contributed by atoms with Crippen molar-refractivity contribution < 1.29 is 9.18 Å². The first-order valence-electron chi connectivity index (χ1n) is 8.55. The number of imidazole rings is 1. The number of fused-ring (bicyclic) bond motifs is 1. The largest absolute Gasteiger partial charge is 0.342 e. The lowest BCUT2D eigenvalue weighted by molar-refractivity contribution is -0.113. The van der Waals surface area contributed by atoms with E-state index in [1.165, 1.54) is 23.9 Å². The Balaban J connectivity index is 1.40. The van der Waals surface area contributed by atoms with E-state index in [9.17, 15) is 9.18 Å². The number of aromatic amines is 1. The van der Waals surface area contributed by atoms with Crippen LogP contribution >= 0.6 is 11.8 Å². The second kappa shape index (κ2) is 7.77. The average molecular weight is 393 g/mol. The molecule has 0 bridgehead atoms. The number of rotatable bonds is 5. The lowest BCUT2D eigenvalue weighted by Gasteiger charge is -2.06. The lowest BCUT2D eigenvalue weighted by Crippen LogP contribution is -2.14. The number of benzene rings is 2. The summed E-state index contributed by atoms with van der Waals surface area (Å²) in [5.41, 5.74) is 3.90. The maximum Gasteiger partial charge on any atom is 0.234 e. The Morgan fingerprint density at radius 1 is 1.14 bits per heavy atom. The molecule has 0 spiro atoms. The number of hydrogen-bond acceptors (Lipinski definition) is 5. The fourth-order valence-corrected chi connectivity index (χ4v) is 3.36. The number of amides is 1. The van der Waals surface area contributed by atoms with Gasteiger partial charge in [-0.25, -0.2) is 19.3 Å². The molecule has 4 rings (SSSR count). The van der Waals surface area contributed by atoms with E-state index >= 15 is 0 Å². The maximum atomic E-state index is 13.1. The normalized spacial score (nSPS) is 10.9. The molecule has 0 unspecified atom stereocenters. The van der Waals surface area contributed by atoms with E-state index in [0.717, 1.165) is 22.4 Å². The molecule has 2 aromatic carbocycles. The monoisotopic (exact) mass is 393 g/mol. The van der Waals surface area contributed by atoms with Gasteiger partial charge in [-0.1, -0.05) is 11.8 Å². The van der Waals surface area contributed by atoms with Crippen LogP contribution in [-0.2, 0) is 4.79 Å². The molecule has 8 heteroatoms. The predicted octanol–water partition coefficient (Wildman–Crippen LogP) is 4.20. The fraction of sp³-hybridized carbons (Fsp3) is 0.100. The molecule has 0 atom stereocenters. The van der Waals surface area contributed by atoms with Crippen molar-refractivity contribution in [2.45, 2.75) is 12.1 Å². The van der Waals surface area contributed by atoms with Crippen molar-refractivity contribution in [3.8, 4) is 11.3 Å². The molecule has 1 amide bonds. The molecular weight excluding hydrogens is 377 g/mol. The lowest BCUT2D eigenvalue weighted by atomic mass is 10.1. The van der Waals surface area contributed by atoms with Crippen LogP contribution in [0.3, 0.4) is 0 Å². The van der Waals surface area contributed by atoms with Crippen LogP contribution in [0.1, 0.15) is 5.82 Å². The maximum absolute atomic E-state index is 13.1. The number of carbonyl (C=O) groups is 1. The molecule has 4 aromatic rings. The predicted molar refractivity (Wildman–Crippen MR) is 108 cm³/mol. The van der Waals surface area contributed by atoms with E-state index in [4.69, 9.17) is 0 Å². The van der Waals surface area contributed by atoms with Gasteiger partial charge in [0.1, 0.15) is 11.6 Å². The second-order valence-corrected chi connectivity index (χ2v) is 7.06. The Bertz CT molecular complexity index is 1140. The van der Waals surface area contributed by atoms with Gasteiger partial charge >= 0.3 is 0 Å². The van der Waals surface area contributed by atoms with Crippen LogP contribution in [0.5, 0.6) is 0 Å². The molecule has 0 radical (unpaired) electrons. The molecule has 0 aliphatic rings. The number of thioether (sulfide) groups is 1. The van der Waals surface area contributed by atoms with Gasteiger partial charge in [-0.15, -0.1) is 0 Å². The molecule has 0 saturated heterocycles. The summed E-state index contributed by atoms with van der Waals surface area (Å²) in [7, 11) is 0. The van der Waals surface area contributed by atoms with E-state index in [1.54, 1.807) is 24.4 Å². The molecule has 0 aliphatic heterocycles. The third kappa shape index (κ3) is 4.17. The Morgan fingerprint density at radius 3 is 2.79 bits per heavy atom. The van der Waals surface area contributed by atoms with Crippen LogP contribution in [0.15, 0.2) is 59.9 Å². The first-order valence-corrected chi connectivity index (χ1v) is 9.53. The van der Waals surface area contributed by atoms with Crippen LogP contribution in [-0.4, -0.2) is 31.6 Å². The molecular formula is C20H16FN5OS. The highest BCUT2D eigenvalue weighted by molar-refractivity contribution is 7.99. The molecule has 140 valence electrons. The molecule has 0 saturated carbocycles. The zero-order valence-corrected chi connectivity index (χ0v) is 15.8. The van der Waals surface area contributed by atoms with E-state index < -0.39 is 0 Å². The number of aromatic nitrogens is 4. The molecule has 28 heavy (non-hydrogen) atoms. The van der Waals surface area contributed by atoms with E-state index in [2.05, 4.69) is 25.3 Å². The minimum Gasteiger partial charge on any atom is -0.342 e. The zero-order valence-electron chi connectivity index (χ0n) is 14.9. The Morgan fingerprint density at radius 2 is 1.96 bits per heavy atom. The highest BCUT2D eigenvalue weighted by Gasteiger charge is 2.09. The van der Waals surface area contributed by atoms with Gasteiger partial charge in [0, 0.05) is 17.4 Å². The minimum absolute atomic E-state index is 0.156. The Hall–Kier alpha value is -3.26. The van der Waals surface area contributed by atoms with Crippen LogP contribution in [0.4, 0.5) is 10.1 Å². The van der Waals surface area contributed by atoms with Gasteiger partial charge in [-0.2, -0.15) is 0 Å². The first kappa shape index (κ1) is 18.1. The minimum atomic E-state index is -0.299. The summed E-state index contributed by atoms with van der Waals surface area (Å²) >= 11 is 1.24. The van der Waals surface area contributed by atoms with Crippen LogP contribution < -0.4 is 5.32 Å². The van der Waals surface area contributed by atoms with Gasteiger partial charge in [-0.05, 0) is 55.5 Å². The molecule has 6 nitrogen and oxygen atoms in total. The Labute approximate surface area is 164 Å². The Kier molecular flexibility index (Phi) is 5.03. The quantitative estimate of drug-likeness (QED) is 0.392. The van der Waals surface area contributed by atoms with Gasteiger partial charge in [-0.3, -0.25) is 4.79 Å². The van der Waals surface area contributed by atoms with Gasteiger partial charge in [0.05, 0.1) is 22.5 Å². The van der Waals surface area contributed by atoms with Crippen LogP contribution in [0.25, 0.3) is 22.3 Å². The van der Waals surface area contributed by atoms with Crippen molar-refractivity contribution in [3.05, 3.63) is 66.4 Å². The van der Waals surface area contributed by atoms with Gasteiger partial charge in [0.25, 0.3) is 0 Å². The summed E-state index contributed by atoms with van der Waals surface area (Å²) in [5, 5.41) is 3.34. The van der Waals surface area contributed by atoms with E-state index in [1.807, 2.05) is 25.1 Å². The molecule has 0 fully saturated rings. The number of nitrogens with zero attached hydrogens (tertiary/aromatic N) is 3. The summed E-state index contributed by atoms with van der Waals surface area (Å²) < 4.78 is 13.1. The van der Waals surface area contributed by atoms with Gasteiger partial charge in [0.15, 0.2) is 5.16 Å². The molecule has 2 heterocycles. The van der Waals surface area contributed by atoms with Crippen molar-refractivity contribution >= 4 is 34.4 Å². The molecule has 0 aliphatic carbocycles. The summed E-state index contributed by atoms with van der Waals surface area (Å²) in [5.74, 6) is 0.545. The number of hydrogen-bond donors (Lipinski definition) is 2. The number of H-pyrrole nitrogens is 1. The zero-order chi connectivity index (χ0) is 19.5. The molecule has 2 N–H and O–H groups in total. The third-order valence-corrected chi connectivity index (χ3v) is 4.85. The fourth-order valence-electron chi connectivity index (χ4n) is 2.73. The van der Waals surface area contributed by atoms with Gasteiger partial charge in [0.2, 0.25) is 5.91 Å². The number of halogens is 1. The van der Waals surface area contributed by atoms with E-state index in [0.29, 0.717) is 16.5 Å². The highest BCUT2D eigenvalue weighted by atomic mass is 32.2. The van der Waals surface area contributed by atoms with Crippen LogP contribution in [0, 0.1) is 12.7 Å². The van der Waals surface area contributed by atoms with Crippen molar-refractivity contribution in [2.75, 3.05) is 11.1 Å². The van der Waals surface area contributed by atoms with Crippen molar-refractivity contribution in [1.82, 2.24) is 19.9 Å². The van der Waals surface area contributed by atoms with Crippen LogP contribution in [0.2, 0.25) is 0 Å². The topological polar surface area (TPSA) is 83.6 Å². The summed E-state index contributed by atoms with van der Waals surface area (Å²) in [6.45, 7) is 1.88. The third-order valence-electron chi connectivity index (χ3n) is 3.99. The highest BCUT2D eigenvalue weighted by Crippen LogP contribution is 2.21. The molecule has 2 aromatic heterocycles. The summed E-state index contributed by atoms with van der Waals surface area (Å²) in [4.78, 5) is 28.4. The van der Waals surface area contributed by atoms with E-state index in [-0.39, 0.29) is 17.5 Å². The smallest absolute Gasteiger partial charge is 0.234 e. The van der Waals surface area contributed by atoms with Crippen molar-refractivity contribution in [1.29, 1.82) is 0 Å². The van der Waals surface area contributed by atoms with Gasteiger partial charge < -0.3 is 10.3 Å². The number of aryl methyl sites for hydroxylation is 1. The number of anilines is 1. The average Bonchev–Trinajstić information content (AvgIpc) is 3.06.